The minimum absolute atomic E-state index is 0.123. The van der Waals surface area contributed by atoms with Crippen LogP contribution in [-0.4, -0.2) is 25.8 Å². The molecule has 2 aromatic heterocycles. The Morgan fingerprint density at radius 1 is 1.44 bits per heavy atom. The van der Waals surface area contributed by atoms with Gasteiger partial charge < -0.3 is 5.11 Å². The minimum Gasteiger partial charge on any atom is -0.478 e. The topological polar surface area (TPSA) is 68.0 Å². The Morgan fingerprint density at radius 2 is 2.19 bits per heavy atom. The second kappa shape index (κ2) is 3.94. The van der Waals surface area contributed by atoms with Gasteiger partial charge in [-0.05, 0) is 12.1 Å². The average molecular weight is 238 g/mol. The number of nitrogens with zero attached hydrogens (tertiary/aromatic N) is 3. The summed E-state index contributed by atoms with van der Waals surface area (Å²) in [5, 5.41) is 13.4. The van der Waals surface area contributed by atoms with Crippen LogP contribution >= 0.6 is 11.6 Å². The van der Waals surface area contributed by atoms with Gasteiger partial charge in [0.1, 0.15) is 11.3 Å². The SMILES string of the molecule is Cn1ncc(C(=O)O)c1-c1ccc(Cl)cn1. The molecule has 16 heavy (non-hydrogen) atoms. The Hall–Kier alpha value is -1.88. The number of aryl methyl sites for hydroxylation is 1. The number of aromatic nitrogens is 3. The van der Waals surface area contributed by atoms with Crippen LogP contribution in [0.25, 0.3) is 11.4 Å². The molecule has 1 N–H and O–H groups in total. The summed E-state index contributed by atoms with van der Waals surface area (Å²) in [6, 6.07) is 3.31. The molecule has 0 spiro atoms. The highest BCUT2D eigenvalue weighted by atomic mass is 35.5. The lowest BCUT2D eigenvalue weighted by Gasteiger charge is -2.02. The van der Waals surface area contributed by atoms with Gasteiger partial charge in [0.25, 0.3) is 0 Å². The maximum absolute atomic E-state index is 11.0. The van der Waals surface area contributed by atoms with Crippen LogP contribution in [0.15, 0.2) is 24.5 Å². The van der Waals surface area contributed by atoms with E-state index in [1.807, 2.05) is 0 Å². The molecule has 0 amide bonds. The number of carboxylic acids is 1. The van der Waals surface area contributed by atoms with E-state index in [1.165, 1.54) is 17.1 Å². The van der Waals surface area contributed by atoms with Gasteiger partial charge in [0, 0.05) is 13.2 Å². The predicted octanol–water partition coefficient (Wildman–Crippen LogP) is 1.83. The van der Waals surface area contributed by atoms with E-state index in [0.29, 0.717) is 16.4 Å². The van der Waals surface area contributed by atoms with Gasteiger partial charge >= 0.3 is 5.97 Å². The summed E-state index contributed by atoms with van der Waals surface area (Å²) in [5.74, 6) is -1.03. The molecule has 0 fully saturated rings. The summed E-state index contributed by atoms with van der Waals surface area (Å²) in [6.07, 6.45) is 2.77. The van der Waals surface area contributed by atoms with Crippen molar-refractivity contribution in [2.24, 2.45) is 7.05 Å². The zero-order valence-electron chi connectivity index (χ0n) is 8.38. The molecule has 2 aromatic rings. The number of carboxylic acid groups (broad SMARTS) is 1. The van der Waals surface area contributed by atoms with Crippen molar-refractivity contribution in [2.75, 3.05) is 0 Å². The summed E-state index contributed by atoms with van der Waals surface area (Å²) in [4.78, 5) is 15.0. The Bertz CT molecular complexity index is 533. The van der Waals surface area contributed by atoms with Gasteiger partial charge in [-0.25, -0.2) is 4.79 Å². The minimum atomic E-state index is -1.03. The first-order valence-corrected chi connectivity index (χ1v) is 4.84. The molecule has 0 aliphatic rings. The summed E-state index contributed by atoms with van der Waals surface area (Å²) in [5.41, 5.74) is 1.11. The van der Waals surface area contributed by atoms with Gasteiger partial charge in [-0.2, -0.15) is 5.10 Å². The first kappa shape index (κ1) is 10.6. The third-order valence-electron chi connectivity index (χ3n) is 2.14. The fourth-order valence-electron chi connectivity index (χ4n) is 1.41. The van der Waals surface area contributed by atoms with Gasteiger partial charge in [0.2, 0.25) is 0 Å². The van der Waals surface area contributed by atoms with E-state index < -0.39 is 5.97 Å². The van der Waals surface area contributed by atoms with Crippen LogP contribution in [0, 0.1) is 0 Å². The Morgan fingerprint density at radius 3 is 2.75 bits per heavy atom. The first-order valence-electron chi connectivity index (χ1n) is 4.47. The van der Waals surface area contributed by atoms with E-state index in [-0.39, 0.29) is 5.56 Å². The number of pyridine rings is 1. The number of aromatic carboxylic acids is 1. The normalized spacial score (nSPS) is 10.4. The fourth-order valence-corrected chi connectivity index (χ4v) is 1.53. The Kier molecular flexibility index (Phi) is 2.62. The number of halogens is 1. The van der Waals surface area contributed by atoms with E-state index >= 15 is 0 Å². The highest BCUT2D eigenvalue weighted by molar-refractivity contribution is 6.30. The standard InChI is InChI=1S/C10H8ClN3O2/c1-14-9(7(5-13-14)10(15)16)8-3-2-6(11)4-12-8/h2-5H,1H3,(H,15,16). The highest BCUT2D eigenvalue weighted by Gasteiger charge is 2.17. The van der Waals surface area contributed by atoms with Crippen molar-refractivity contribution >= 4 is 17.6 Å². The molecule has 0 saturated carbocycles. The molecular formula is C10H8ClN3O2. The second-order valence-corrected chi connectivity index (χ2v) is 3.63. The van der Waals surface area contributed by atoms with Crippen LogP contribution in [0.3, 0.4) is 0 Å². The number of rotatable bonds is 2. The van der Waals surface area contributed by atoms with Crippen LogP contribution in [0.4, 0.5) is 0 Å². The lowest BCUT2D eigenvalue weighted by Crippen LogP contribution is -2.01. The van der Waals surface area contributed by atoms with Gasteiger partial charge in [-0.1, -0.05) is 11.6 Å². The molecule has 0 radical (unpaired) electrons. The quantitative estimate of drug-likeness (QED) is 0.865. The summed E-state index contributed by atoms with van der Waals surface area (Å²) >= 11 is 5.71. The van der Waals surface area contributed by atoms with Crippen LogP contribution in [-0.2, 0) is 7.05 Å². The lowest BCUT2D eigenvalue weighted by atomic mass is 10.2. The number of hydrogen-bond acceptors (Lipinski definition) is 3. The van der Waals surface area contributed by atoms with Crippen LogP contribution in [0.1, 0.15) is 10.4 Å². The summed E-state index contributed by atoms with van der Waals surface area (Å²) in [6.45, 7) is 0. The maximum atomic E-state index is 11.0. The molecule has 2 rings (SSSR count). The number of hydrogen-bond donors (Lipinski definition) is 1. The molecule has 0 unspecified atom stereocenters. The van der Waals surface area contributed by atoms with Gasteiger partial charge in [-0.3, -0.25) is 9.67 Å². The number of carbonyl (C=O) groups is 1. The zero-order chi connectivity index (χ0) is 11.7. The van der Waals surface area contributed by atoms with Crippen molar-refractivity contribution in [3.8, 4) is 11.4 Å². The Labute approximate surface area is 96.3 Å². The fraction of sp³-hybridized carbons (Fsp3) is 0.100. The summed E-state index contributed by atoms with van der Waals surface area (Å²) < 4.78 is 1.47. The van der Waals surface area contributed by atoms with E-state index in [2.05, 4.69) is 10.1 Å². The third kappa shape index (κ3) is 1.77. The lowest BCUT2D eigenvalue weighted by molar-refractivity contribution is 0.0697. The molecule has 82 valence electrons. The predicted molar refractivity (Wildman–Crippen MR) is 58.4 cm³/mol. The first-order chi connectivity index (χ1) is 7.59. The second-order valence-electron chi connectivity index (χ2n) is 3.20. The van der Waals surface area contributed by atoms with Gasteiger partial charge in [0.15, 0.2) is 0 Å². The Balaban J connectivity index is 2.58. The average Bonchev–Trinajstić information content (AvgIpc) is 2.62. The molecule has 5 nitrogen and oxygen atoms in total. The van der Waals surface area contributed by atoms with Crippen molar-refractivity contribution in [3.05, 3.63) is 35.1 Å². The molecule has 0 aliphatic heterocycles. The molecule has 0 bridgehead atoms. The van der Waals surface area contributed by atoms with Crippen LogP contribution in [0.2, 0.25) is 5.02 Å². The highest BCUT2D eigenvalue weighted by Crippen LogP contribution is 2.22. The molecule has 0 saturated heterocycles. The molecule has 2 heterocycles. The van der Waals surface area contributed by atoms with E-state index in [9.17, 15) is 4.79 Å². The maximum Gasteiger partial charge on any atom is 0.339 e. The van der Waals surface area contributed by atoms with E-state index in [4.69, 9.17) is 16.7 Å². The van der Waals surface area contributed by atoms with Crippen molar-refractivity contribution in [3.63, 3.8) is 0 Å². The van der Waals surface area contributed by atoms with Crippen molar-refractivity contribution in [2.45, 2.75) is 0 Å². The molecule has 0 aromatic carbocycles. The van der Waals surface area contributed by atoms with Crippen LogP contribution < -0.4 is 0 Å². The molecular weight excluding hydrogens is 230 g/mol. The monoisotopic (exact) mass is 237 g/mol. The van der Waals surface area contributed by atoms with Gasteiger partial charge in [0.05, 0.1) is 16.9 Å². The van der Waals surface area contributed by atoms with Gasteiger partial charge in [-0.15, -0.1) is 0 Å². The van der Waals surface area contributed by atoms with E-state index in [1.54, 1.807) is 19.2 Å². The van der Waals surface area contributed by atoms with Crippen molar-refractivity contribution in [1.29, 1.82) is 0 Å². The largest absolute Gasteiger partial charge is 0.478 e. The zero-order valence-corrected chi connectivity index (χ0v) is 9.14. The summed E-state index contributed by atoms with van der Waals surface area (Å²) in [7, 11) is 1.66. The van der Waals surface area contributed by atoms with Crippen molar-refractivity contribution < 1.29 is 9.90 Å². The van der Waals surface area contributed by atoms with Crippen molar-refractivity contribution in [1.82, 2.24) is 14.8 Å². The molecule has 0 aliphatic carbocycles. The van der Waals surface area contributed by atoms with E-state index in [0.717, 1.165) is 0 Å². The third-order valence-corrected chi connectivity index (χ3v) is 2.36. The molecule has 6 heteroatoms. The molecule has 0 atom stereocenters. The smallest absolute Gasteiger partial charge is 0.339 e. The van der Waals surface area contributed by atoms with Crippen LogP contribution in [0.5, 0.6) is 0 Å².